The molecule has 1 aromatic carbocycles. The van der Waals surface area contributed by atoms with Gasteiger partial charge in [0.25, 0.3) is 0 Å². The van der Waals surface area contributed by atoms with Crippen molar-refractivity contribution in [3.63, 3.8) is 0 Å². The maximum Gasteiger partial charge on any atom is 0.136 e. The van der Waals surface area contributed by atoms with Crippen LogP contribution in [0.3, 0.4) is 0 Å². The lowest BCUT2D eigenvalue weighted by molar-refractivity contribution is 0.193. The number of hydrogen-bond donors (Lipinski definition) is 1. The van der Waals surface area contributed by atoms with Crippen LogP contribution in [0.5, 0.6) is 0 Å². The van der Waals surface area contributed by atoms with Crippen LogP contribution < -0.4 is 10.2 Å². The van der Waals surface area contributed by atoms with Gasteiger partial charge in [-0.25, -0.2) is 4.98 Å². The summed E-state index contributed by atoms with van der Waals surface area (Å²) >= 11 is 0. The summed E-state index contributed by atoms with van der Waals surface area (Å²) in [6.45, 7) is 2.43. The van der Waals surface area contributed by atoms with E-state index in [1.807, 2.05) is 7.05 Å². The Hall–Kier alpha value is -1.65. The van der Waals surface area contributed by atoms with Crippen LogP contribution in [0.15, 0.2) is 30.3 Å². The molecule has 0 amide bonds. The highest BCUT2D eigenvalue weighted by Crippen LogP contribution is 2.28. The van der Waals surface area contributed by atoms with Crippen molar-refractivity contribution >= 4 is 16.6 Å². The third-order valence-electron chi connectivity index (χ3n) is 3.92. The summed E-state index contributed by atoms with van der Waals surface area (Å²) in [5.74, 6) is 1.06. The van der Waals surface area contributed by atoms with E-state index in [4.69, 9.17) is 9.72 Å². The number of nitrogens with one attached hydrogen (secondary N) is 1. The van der Waals surface area contributed by atoms with Gasteiger partial charge in [-0.2, -0.15) is 0 Å². The molecule has 0 aliphatic carbocycles. The standard InChI is InChI=1S/C16H21N3O/c1-17-10-13-9-12-5-3-4-6-15(12)16(18-13)19(2)14-7-8-20-11-14/h3-6,9,14,17H,7-8,10-11H2,1-2H3. The van der Waals surface area contributed by atoms with Gasteiger partial charge in [-0.05, 0) is 24.9 Å². The van der Waals surface area contributed by atoms with Crippen molar-refractivity contribution in [3.05, 3.63) is 36.0 Å². The molecule has 1 aliphatic heterocycles. The molecule has 1 unspecified atom stereocenters. The molecule has 0 radical (unpaired) electrons. The molecular formula is C16H21N3O. The Bertz CT molecular complexity index is 593. The zero-order valence-corrected chi connectivity index (χ0v) is 12.1. The molecule has 1 atom stereocenters. The second-order valence-corrected chi connectivity index (χ2v) is 5.32. The molecule has 106 valence electrons. The third-order valence-corrected chi connectivity index (χ3v) is 3.92. The van der Waals surface area contributed by atoms with Crippen LogP contribution in [0.2, 0.25) is 0 Å². The lowest BCUT2D eigenvalue weighted by atomic mass is 10.1. The van der Waals surface area contributed by atoms with Crippen LogP contribution in [-0.2, 0) is 11.3 Å². The van der Waals surface area contributed by atoms with E-state index in [1.54, 1.807) is 0 Å². The first kappa shape index (κ1) is 13.3. The highest BCUT2D eigenvalue weighted by molar-refractivity contribution is 5.92. The summed E-state index contributed by atoms with van der Waals surface area (Å²) in [5, 5.41) is 5.63. The van der Waals surface area contributed by atoms with Crippen molar-refractivity contribution in [2.75, 3.05) is 32.2 Å². The van der Waals surface area contributed by atoms with Gasteiger partial charge in [-0.15, -0.1) is 0 Å². The van der Waals surface area contributed by atoms with Gasteiger partial charge in [0.15, 0.2) is 0 Å². The number of benzene rings is 1. The Morgan fingerprint density at radius 3 is 3.00 bits per heavy atom. The third kappa shape index (κ3) is 2.49. The van der Waals surface area contributed by atoms with Gasteiger partial charge in [-0.3, -0.25) is 0 Å². The molecule has 20 heavy (non-hydrogen) atoms. The number of nitrogens with zero attached hydrogens (tertiary/aromatic N) is 2. The van der Waals surface area contributed by atoms with Crippen molar-refractivity contribution < 1.29 is 4.74 Å². The number of hydrogen-bond acceptors (Lipinski definition) is 4. The fourth-order valence-corrected chi connectivity index (χ4v) is 2.78. The van der Waals surface area contributed by atoms with Crippen molar-refractivity contribution in [2.45, 2.75) is 19.0 Å². The quantitative estimate of drug-likeness (QED) is 0.925. The Kier molecular flexibility index (Phi) is 3.85. The molecule has 2 aromatic rings. The number of pyridine rings is 1. The fraction of sp³-hybridized carbons (Fsp3) is 0.438. The number of likely N-dealkylation sites (N-methyl/N-ethyl adjacent to an activating group) is 1. The molecule has 1 saturated heterocycles. The molecule has 4 heteroatoms. The molecule has 3 rings (SSSR count). The molecule has 1 aliphatic rings. The van der Waals surface area contributed by atoms with Gasteiger partial charge in [-0.1, -0.05) is 24.3 Å². The van der Waals surface area contributed by atoms with Gasteiger partial charge in [0.1, 0.15) is 5.82 Å². The highest BCUT2D eigenvalue weighted by Gasteiger charge is 2.23. The first-order chi connectivity index (χ1) is 9.79. The van der Waals surface area contributed by atoms with Crippen molar-refractivity contribution in [1.29, 1.82) is 0 Å². The molecule has 0 spiro atoms. The predicted octanol–water partition coefficient (Wildman–Crippen LogP) is 2.18. The van der Waals surface area contributed by atoms with Gasteiger partial charge in [0.05, 0.1) is 18.3 Å². The first-order valence-electron chi connectivity index (χ1n) is 7.13. The van der Waals surface area contributed by atoms with E-state index in [0.29, 0.717) is 6.04 Å². The topological polar surface area (TPSA) is 37.4 Å². The van der Waals surface area contributed by atoms with Gasteiger partial charge in [0, 0.05) is 25.6 Å². The SMILES string of the molecule is CNCc1cc2ccccc2c(N(C)C2CCOC2)n1. The monoisotopic (exact) mass is 271 g/mol. The van der Waals surface area contributed by atoms with Crippen LogP contribution in [0.1, 0.15) is 12.1 Å². The maximum atomic E-state index is 5.51. The van der Waals surface area contributed by atoms with E-state index < -0.39 is 0 Å². The van der Waals surface area contributed by atoms with E-state index in [1.165, 1.54) is 10.8 Å². The van der Waals surface area contributed by atoms with Gasteiger partial charge in [0.2, 0.25) is 0 Å². The van der Waals surface area contributed by atoms with E-state index in [0.717, 1.165) is 37.7 Å². The molecule has 2 heterocycles. The van der Waals surface area contributed by atoms with Crippen molar-refractivity contribution in [2.24, 2.45) is 0 Å². The summed E-state index contributed by atoms with van der Waals surface area (Å²) < 4.78 is 5.51. The largest absolute Gasteiger partial charge is 0.379 e. The van der Waals surface area contributed by atoms with E-state index in [2.05, 4.69) is 47.6 Å². The number of ether oxygens (including phenoxy) is 1. The van der Waals surface area contributed by atoms with E-state index in [9.17, 15) is 0 Å². The molecule has 1 aromatic heterocycles. The van der Waals surface area contributed by atoms with Crippen LogP contribution in [0.4, 0.5) is 5.82 Å². The zero-order valence-electron chi connectivity index (χ0n) is 12.1. The fourth-order valence-electron chi connectivity index (χ4n) is 2.78. The van der Waals surface area contributed by atoms with Crippen LogP contribution >= 0.6 is 0 Å². The Morgan fingerprint density at radius 2 is 2.25 bits per heavy atom. The maximum absolute atomic E-state index is 5.51. The molecular weight excluding hydrogens is 250 g/mol. The number of fused-ring (bicyclic) bond motifs is 1. The molecule has 1 fully saturated rings. The summed E-state index contributed by atoms with van der Waals surface area (Å²) in [6.07, 6.45) is 1.07. The molecule has 4 nitrogen and oxygen atoms in total. The summed E-state index contributed by atoms with van der Waals surface area (Å²) in [6, 6.07) is 11.0. The van der Waals surface area contributed by atoms with Crippen LogP contribution in [0.25, 0.3) is 10.8 Å². The van der Waals surface area contributed by atoms with E-state index >= 15 is 0 Å². The summed E-state index contributed by atoms with van der Waals surface area (Å²) in [7, 11) is 4.07. The Morgan fingerprint density at radius 1 is 1.40 bits per heavy atom. The Balaban J connectivity index is 2.06. The first-order valence-corrected chi connectivity index (χ1v) is 7.13. The minimum absolute atomic E-state index is 0.427. The number of aromatic nitrogens is 1. The minimum Gasteiger partial charge on any atom is -0.379 e. The van der Waals surface area contributed by atoms with Crippen molar-refractivity contribution in [1.82, 2.24) is 10.3 Å². The normalized spacial score (nSPS) is 18.6. The second kappa shape index (κ2) is 5.77. The molecule has 0 saturated carbocycles. The molecule has 1 N–H and O–H groups in total. The number of rotatable bonds is 4. The smallest absolute Gasteiger partial charge is 0.136 e. The predicted molar refractivity (Wildman–Crippen MR) is 82.1 cm³/mol. The second-order valence-electron chi connectivity index (χ2n) is 5.32. The van der Waals surface area contributed by atoms with Crippen LogP contribution in [0, 0.1) is 0 Å². The van der Waals surface area contributed by atoms with E-state index in [-0.39, 0.29) is 0 Å². The summed E-state index contributed by atoms with van der Waals surface area (Å²) in [4.78, 5) is 7.12. The minimum atomic E-state index is 0.427. The average molecular weight is 271 g/mol. The van der Waals surface area contributed by atoms with Crippen molar-refractivity contribution in [3.8, 4) is 0 Å². The average Bonchev–Trinajstić information content (AvgIpc) is 3.00. The van der Waals surface area contributed by atoms with Gasteiger partial charge < -0.3 is 15.0 Å². The molecule has 0 bridgehead atoms. The lowest BCUT2D eigenvalue weighted by Gasteiger charge is -2.26. The lowest BCUT2D eigenvalue weighted by Crippen LogP contribution is -2.32. The van der Waals surface area contributed by atoms with Crippen LogP contribution in [-0.4, -0.2) is 38.3 Å². The van der Waals surface area contributed by atoms with Gasteiger partial charge >= 0.3 is 0 Å². The summed E-state index contributed by atoms with van der Waals surface area (Å²) in [5.41, 5.74) is 1.08. The number of anilines is 1. The zero-order chi connectivity index (χ0) is 13.9. The highest BCUT2D eigenvalue weighted by atomic mass is 16.5. The Labute approximate surface area is 119 Å².